The molecule has 1 fully saturated rings. The van der Waals surface area contributed by atoms with Crippen molar-refractivity contribution in [1.29, 1.82) is 0 Å². The second kappa shape index (κ2) is 5.66. The van der Waals surface area contributed by atoms with E-state index in [1.807, 2.05) is 0 Å². The van der Waals surface area contributed by atoms with Crippen LogP contribution in [0.4, 0.5) is 0 Å². The van der Waals surface area contributed by atoms with Gasteiger partial charge < -0.3 is 20.1 Å². The number of rotatable bonds is 5. The van der Waals surface area contributed by atoms with Crippen molar-refractivity contribution in [3.05, 3.63) is 0 Å². The third kappa shape index (κ3) is 3.53. The lowest BCUT2D eigenvalue weighted by Gasteiger charge is -2.15. The molecular formula is C10H22N2O2. The van der Waals surface area contributed by atoms with Crippen molar-refractivity contribution in [2.75, 3.05) is 33.9 Å². The molecule has 4 nitrogen and oxygen atoms in total. The Bertz CT molecular complexity index is 156. The van der Waals surface area contributed by atoms with Gasteiger partial charge in [0.25, 0.3) is 0 Å². The van der Waals surface area contributed by atoms with E-state index in [2.05, 4.69) is 24.2 Å². The average molecular weight is 202 g/mol. The van der Waals surface area contributed by atoms with E-state index in [1.54, 1.807) is 7.11 Å². The lowest BCUT2D eigenvalue weighted by molar-refractivity contribution is 0.0629. The molecule has 0 spiro atoms. The van der Waals surface area contributed by atoms with Crippen LogP contribution in [0.1, 0.15) is 13.3 Å². The second-order valence-electron chi connectivity index (χ2n) is 4.24. The highest BCUT2D eigenvalue weighted by atomic mass is 16.5. The van der Waals surface area contributed by atoms with Gasteiger partial charge >= 0.3 is 0 Å². The molecule has 0 radical (unpaired) electrons. The molecule has 0 aromatic rings. The Hall–Kier alpha value is -0.160. The molecule has 3 unspecified atom stereocenters. The van der Waals surface area contributed by atoms with Gasteiger partial charge in [0, 0.05) is 32.3 Å². The van der Waals surface area contributed by atoms with Crippen molar-refractivity contribution in [2.24, 2.45) is 0 Å². The van der Waals surface area contributed by atoms with E-state index in [0.717, 1.165) is 13.0 Å². The fourth-order valence-electron chi connectivity index (χ4n) is 1.90. The Morgan fingerprint density at radius 1 is 1.64 bits per heavy atom. The maximum Gasteiger partial charge on any atom is 0.0897 e. The van der Waals surface area contributed by atoms with Crippen molar-refractivity contribution in [2.45, 2.75) is 31.5 Å². The molecule has 3 atom stereocenters. The normalized spacial score (nSPS) is 30.9. The Morgan fingerprint density at radius 2 is 2.36 bits per heavy atom. The van der Waals surface area contributed by atoms with Crippen molar-refractivity contribution in [1.82, 2.24) is 10.2 Å². The fourth-order valence-corrected chi connectivity index (χ4v) is 1.90. The quantitative estimate of drug-likeness (QED) is 0.641. The third-order valence-corrected chi connectivity index (χ3v) is 2.89. The molecule has 0 bridgehead atoms. The van der Waals surface area contributed by atoms with Crippen molar-refractivity contribution in [3.8, 4) is 0 Å². The average Bonchev–Trinajstić information content (AvgIpc) is 2.44. The number of nitrogens with one attached hydrogen (secondary N) is 1. The number of hydrogen-bond acceptors (Lipinski definition) is 4. The van der Waals surface area contributed by atoms with Crippen LogP contribution in [0, 0.1) is 0 Å². The van der Waals surface area contributed by atoms with E-state index < -0.39 is 0 Å². The monoisotopic (exact) mass is 202 g/mol. The zero-order valence-corrected chi connectivity index (χ0v) is 9.36. The molecule has 0 aromatic heterocycles. The molecule has 0 aliphatic carbocycles. The van der Waals surface area contributed by atoms with Gasteiger partial charge in [-0.1, -0.05) is 0 Å². The predicted molar refractivity (Wildman–Crippen MR) is 56.4 cm³/mol. The smallest absolute Gasteiger partial charge is 0.0897 e. The number of nitrogens with zero attached hydrogens (tertiary/aromatic N) is 1. The predicted octanol–water partition coefficient (Wildman–Crippen LogP) is -0.324. The minimum absolute atomic E-state index is 0.388. The summed E-state index contributed by atoms with van der Waals surface area (Å²) in [5, 5.41) is 12.8. The van der Waals surface area contributed by atoms with E-state index in [4.69, 9.17) is 4.74 Å². The first-order chi connectivity index (χ1) is 6.63. The van der Waals surface area contributed by atoms with Crippen LogP contribution >= 0.6 is 0 Å². The molecule has 4 heteroatoms. The first-order valence-corrected chi connectivity index (χ1v) is 5.24. The summed E-state index contributed by atoms with van der Waals surface area (Å²) in [5.41, 5.74) is 0. The Labute approximate surface area is 86.2 Å². The molecule has 84 valence electrons. The summed E-state index contributed by atoms with van der Waals surface area (Å²) in [6.07, 6.45) is 0.775. The molecule has 1 saturated heterocycles. The summed E-state index contributed by atoms with van der Waals surface area (Å²) in [4.78, 5) is 2.33. The Morgan fingerprint density at radius 3 is 2.86 bits per heavy atom. The van der Waals surface area contributed by atoms with Crippen LogP contribution in [-0.2, 0) is 4.74 Å². The van der Waals surface area contributed by atoms with Gasteiger partial charge in [-0.05, 0) is 20.4 Å². The van der Waals surface area contributed by atoms with Crippen LogP contribution in [0.15, 0.2) is 0 Å². The molecule has 1 rings (SSSR count). The lowest BCUT2D eigenvalue weighted by Crippen LogP contribution is -2.38. The van der Waals surface area contributed by atoms with Gasteiger partial charge in [-0.3, -0.25) is 0 Å². The van der Waals surface area contributed by atoms with Gasteiger partial charge in [-0.15, -0.1) is 0 Å². The van der Waals surface area contributed by atoms with Gasteiger partial charge in [0.1, 0.15) is 0 Å². The molecule has 1 heterocycles. The highest BCUT2D eigenvalue weighted by molar-refractivity contribution is 4.85. The van der Waals surface area contributed by atoms with Crippen molar-refractivity contribution in [3.63, 3.8) is 0 Å². The highest BCUT2D eigenvalue weighted by Crippen LogP contribution is 2.14. The number of likely N-dealkylation sites (tertiary alicyclic amines) is 1. The number of ether oxygens (including phenoxy) is 1. The van der Waals surface area contributed by atoms with Crippen LogP contribution in [0.25, 0.3) is 0 Å². The Balaban J connectivity index is 2.13. The summed E-state index contributed by atoms with van der Waals surface area (Å²) in [6.45, 7) is 4.33. The summed E-state index contributed by atoms with van der Waals surface area (Å²) in [7, 11) is 3.74. The van der Waals surface area contributed by atoms with E-state index in [1.165, 1.54) is 0 Å². The van der Waals surface area contributed by atoms with E-state index in [9.17, 15) is 5.11 Å². The fraction of sp³-hybridized carbons (Fsp3) is 1.00. The maximum absolute atomic E-state index is 9.44. The summed E-state index contributed by atoms with van der Waals surface area (Å²) in [5.74, 6) is 0. The number of aliphatic hydroxyl groups excluding tert-OH is 1. The molecule has 2 N–H and O–H groups in total. The topological polar surface area (TPSA) is 44.7 Å². The second-order valence-corrected chi connectivity index (χ2v) is 4.24. The van der Waals surface area contributed by atoms with E-state index in [0.29, 0.717) is 25.2 Å². The van der Waals surface area contributed by atoms with Gasteiger partial charge in [0.05, 0.1) is 12.7 Å². The van der Waals surface area contributed by atoms with Crippen molar-refractivity contribution < 1.29 is 9.84 Å². The lowest BCUT2D eigenvalue weighted by atomic mass is 10.2. The molecule has 0 aromatic carbocycles. The standard InChI is InChI=1S/C10H22N2O2/c1-8-4-9(6-12(8)2)11-5-10(13)7-14-3/h8-11,13H,4-7H2,1-3H3. The van der Waals surface area contributed by atoms with Gasteiger partial charge in [-0.25, -0.2) is 0 Å². The van der Waals surface area contributed by atoms with Gasteiger partial charge in [-0.2, -0.15) is 0 Å². The van der Waals surface area contributed by atoms with Crippen LogP contribution in [0.2, 0.25) is 0 Å². The van der Waals surface area contributed by atoms with Crippen LogP contribution < -0.4 is 5.32 Å². The molecule has 0 amide bonds. The third-order valence-electron chi connectivity index (χ3n) is 2.89. The van der Waals surface area contributed by atoms with Crippen LogP contribution in [-0.4, -0.2) is 62.0 Å². The summed E-state index contributed by atoms with van der Waals surface area (Å²) >= 11 is 0. The Kier molecular flexibility index (Phi) is 4.81. The largest absolute Gasteiger partial charge is 0.389 e. The molecule has 1 aliphatic rings. The van der Waals surface area contributed by atoms with E-state index >= 15 is 0 Å². The van der Waals surface area contributed by atoms with Crippen LogP contribution in [0.3, 0.4) is 0 Å². The summed E-state index contributed by atoms with van der Waals surface area (Å²) < 4.78 is 4.86. The molecular weight excluding hydrogens is 180 g/mol. The van der Waals surface area contributed by atoms with Gasteiger partial charge in [0.15, 0.2) is 0 Å². The molecule has 0 saturated carbocycles. The van der Waals surface area contributed by atoms with E-state index in [-0.39, 0.29) is 6.10 Å². The number of hydrogen-bond donors (Lipinski definition) is 2. The van der Waals surface area contributed by atoms with Gasteiger partial charge in [0.2, 0.25) is 0 Å². The zero-order valence-electron chi connectivity index (χ0n) is 9.36. The minimum atomic E-state index is -0.388. The van der Waals surface area contributed by atoms with Crippen LogP contribution in [0.5, 0.6) is 0 Å². The van der Waals surface area contributed by atoms with Crippen molar-refractivity contribution >= 4 is 0 Å². The number of likely N-dealkylation sites (N-methyl/N-ethyl adjacent to an activating group) is 1. The maximum atomic E-state index is 9.44. The SMILES string of the molecule is COCC(O)CNC1CC(C)N(C)C1. The number of aliphatic hydroxyl groups is 1. The zero-order chi connectivity index (χ0) is 10.6. The number of methoxy groups -OCH3 is 1. The first kappa shape index (κ1) is 11.9. The summed E-state index contributed by atoms with van der Waals surface area (Å²) in [6, 6.07) is 1.16. The molecule has 14 heavy (non-hydrogen) atoms. The first-order valence-electron chi connectivity index (χ1n) is 5.24. The highest BCUT2D eigenvalue weighted by Gasteiger charge is 2.25. The molecule has 1 aliphatic heterocycles. The minimum Gasteiger partial charge on any atom is -0.389 e.